The number of carbonyl (C=O) groups excluding carboxylic acids is 1. The highest BCUT2D eigenvalue weighted by atomic mass is 35.5. The zero-order valence-electron chi connectivity index (χ0n) is 17.0. The molecule has 1 aromatic carbocycles. The molecule has 4 aliphatic rings. The van der Waals surface area contributed by atoms with Crippen LogP contribution in [-0.4, -0.2) is 35.7 Å². The van der Waals surface area contributed by atoms with Crippen LogP contribution in [0, 0.1) is 39.3 Å². The number of amides is 1. The van der Waals surface area contributed by atoms with E-state index in [0.29, 0.717) is 18.5 Å². The molecule has 2 saturated carbocycles. The number of hydrogen-bond donors (Lipinski definition) is 2. The van der Waals surface area contributed by atoms with Gasteiger partial charge in [0.15, 0.2) is 0 Å². The van der Waals surface area contributed by atoms with Crippen LogP contribution in [0.4, 0.5) is 10.1 Å². The summed E-state index contributed by atoms with van der Waals surface area (Å²) in [6.45, 7) is 3.93. The van der Waals surface area contributed by atoms with Crippen LogP contribution >= 0.6 is 11.6 Å². The van der Waals surface area contributed by atoms with Gasteiger partial charge in [0.25, 0.3) is 0 Å². The molecule has 2 aliphatic heterocycles. The Bertz CT molecular complexity index is 923. The number of anilines is 1. The maximum absolute atomic E-state index is 14.1. The second-order valence-corrected chi connectivity index (χ2v) is 9.80. The second kappa shape index (κ2) is 6.70. The van der Waals surface area contributed by atoms with E-state index in [2.05, 4.69) is 18.3 Å². The lowest BCUT2D eigenvalue weighted by Crippen LogP contribution is -2.66. The summed E-state index contributed by atoms with van der Waals surface area (Å²) in [5.74, 6) is -1.48. The SMILES string of the molecule is CNc1ccc(F)c(Cl)c1C(=N)C(C)C(=O)N1C2CC3(C)CC1CC(C#N)(C2)C3. The third kappa shape index (κ3) is 3.02. The number of nitrogens with one attached hydrogen (secondary N) is 2. The van der Waals surface area contributed by atoms with Crippen LogP contribution in [0.2, 0.25) is 5.02 Å². The quantitative estimate of drug-likeness (QED) is 0.704. The van der Waals surface area contributed by atoms with Gasteiger partial charge >= 0.3 is 0 Å². The summed E-state index contributed by atoms with van der Waals surface area (Å²) in [6, 6.07) is 5.41. The van der Waals surface area contributed by atoms with Gasteiger partial charge in [-0.2, -0.15) is 5.26 Å². The molecule has 0 spiro atoms. The molecule has 5 nitrogen and oxygen atoms in total. The number of piperidine rings is 2. The molecule has 3 atom stereocenters. The Kier molecular flexibility index (Phi) is 4.66. The van der Waals surface area contributed by atoms with Crippen LogP contribution in [0.3, 0.4) is 0 Å². The van der Waals surface area contributed by atoms with Crippen LogP contribution in [0.25, 0.3) is 0 Å². The van der Waals surface area contributed by atoms with E-state index in [4.69, 9.17) is 17.0 Å². The van der Waals surface area contributed by atoms with Gasteiger partial charge in [0, 0.05) is 30.4 Å². The Morgan fingerprint density at radius 2 is 2.00 bits per heavy atom. The summed E-state index contributed by atoms with van der Waals surface area (Å²) in [7, 11) is 1.68. The summed E-state index contributed by atoms with van der Waals surface area (Å²) in [5.41, 5.74) is 0.566. The molecule has 1 amide bonds. The first-order valence-corrected chi connectivity index (χ1v) is 10.5. The van der Waals surface area contributed by atoms with Crippen molar-refractivity contribution in [2.75, 3.05) is 12.4 Å². The lowest BCUT2D eigenvalue weighted by Gasteiger charge is -2.63. The van der Waals surface area contributed by atoms with Gasteiger partial charge < -0.3 is 15.6 Å². The highest BCUT2D eigenvalue weighted by molar-refractivity contribution is 6.36. The van der Waals surface area contributed by atoms with Crippen molar-refractivity contribution in [3.63, 3.8) is 0 Å². The molecule has 4 fully saturated rings. The van der Waals surface area contributed by atoms with E-state index in [9.17, 15) is 14.4 Å². The van der Waals surface area contributed by atoms with Crippen LogP contribution < -0.4 is 5.32 Å². The number of benzene rings is 1. The molecule has 154 valence electrons. The molecule has 0 aromatic heterocycles. The average molecular weight is 417 g/mol. The number of nitriles is 1. The molecule has 2 saturated heterocycles. The van der Waals surface area contributed by atoms with Crippen LogP contribution in [-0.2, 0) is 4.79 Å². The first kappa shape index (κ1) is 20.2. The van der Waals surface area contributed by atoms with Crippen molar-refractivity contribution in [1.29, 1.82) is 10.7 Å². The van der Waals surface area contributed by atoms with Crippen molar-refractivity contribution >= 4 is 28.9 Å². The van der Waals surface area contributed by atoms with E-state index in [0.717, 1.165) is 19.3 Å². The van der Waals surface area contributed by atoms with Gasteiger partial charge in [-0.05, 0) is 56.6 Å². The molecule has 29 heavy (non-hydrogen) atoms. The summed E-state index contributed by atoms with van der Waals surface area (Å²) in [6.07, 6.45) is 4.15. The van der Waals surface area contributed by atoms with E-state index in [1.807, 2.05) is 4.90 Å². The number of nitrogens with zero attached hydrogens (tertiary/aromatic N) is 2. The minimum Gasteiger partial charge on any atom is -0.388 e. The van der Waals surface area contributed by atoms with E-state index >= 15 is 0 Å². The molecular formula is C22H26ClFN4O. The third-order valence-electron chi connectivity index (χ3n) is 7.19. The lowest BCUT2D eigenvalue weighted by atomic mass is 9.50. The number of rotatable bonds is 4. The fraction of sp³-hybridized carbons (Fsp3) is 0.591. The molecule has 5 rings (SSSR count). The van der Waals surface area contributed by atoms with Crippen LogP contribution in [0.1, 0.15) is 51.5 Å². The number of carbonyl (C=O) groups is 1. The average Bonchev–Trinajstić information content (AvgIpc) is 2.67. The Labute approximate surface area is 175 Å². The van der Waals surface area contributed by atoms with Crippen molar-refractivity contribution in [3.8, 4) is 6.07 Å². The Morgan fingerprint density at radius 1 is 1.38 bits per heavy atom. The topological polar surface area (TPSA) is 80.0 Å². The molecule has 3 unspecified atom stereocenters. The van der Waals surface area contributed by atoms with Gasteiger partial charge in [0.1, 0.15) is 5.82 Å². The second-order valence-electron chi connectivity index (χ2n) is 9.42. The fourth-order valence-electron chi connectivity index (χ4n) is 6.22. The highest BCUT2D eigenvalue weighted by Gasteiger charge is 2.60. The highest BCUT2D eigenvalue weighted by Crippen LogP contribution is 2.61. The van der Waals surface area contributed by atoms with Crippen LogP contribution in [0.5, 0.6) is 0 Å². The zero-order valence-corrected chi connectivity index (χ0v) is 17.7. The predicted molar refractivity (Wildman–Crippen MR) is 111 cm³/mol. The van der Waals surface area contributed by atoms with Gasteiger partial charge in [-0.1, -0.05) is 18.5 Å². The summed E-state index contributed by atoms with van der Waals surface area (Å²) < 4.78 is 14.1. The van der Waals surface area contributed by atoms with E-state index in [-0.39, 0.29) is 45.1 Å². The monoisotopic (exact) mass is 416 g/mol. The van der Waals surface area contributed by atoms with Crippen molar-refractivity contribution in [2.24, 2.45) is 16.7 Å². The smallest absolute Gasteiger partial charge is 0.231 e. The van der Waals surface area contributed by atoms with Gasteiger partial charge in [0.05, 0.1) is 28.1 Å². The van der Waals surface area contributed by atoms with Crippen molar-refractivity contribution in [3.05, 3.63) is 28.5 Å². The van der Waals surface area contributed by atoms with Crippen molar-refractivity contribution < 1.29 is 9.18 Å². The predicted octanol–water partition coefficient (Wildman–Crippen LogP) is 4.60. The van der Waals surface area contributed by atoms with Crippen molar-refractivity contribution in [2.45, 2.75) is 58.0 Å². The first-order valence-electron chi connectivity index (χ1n) is 10.1. The summed E-state index contributed by atoms with van der Waals surface area (Å²) >= 11 is 6.17. The van der Waals surface area contributed by atoms with Gasteiger partial charge in [-0.15, -0.1) is 0 Å². The lowest BCUT2D eigenvalue weighted by molar-refractivity contribution is -0.164. The largest absolute Gasteiger partial charge is 0.388 e. The Morgan fingerprint density at radius 3 is 2.55 bits per heavy atom. The first-order chi connectivity index (χ1) is 13.6. The molecule has 2 N–H and O–H groups in total. The molecule has 4 bridgehead atoms. The molecule has 7 heteroatoms. The standard InChI is InChI=1S/C22H26ClFN4O/c1-12(19(26)17-16(27-3)5-4-15(24)18(17)23)20(29)28-13-6-21(2)7-14(28)9-22(8-13,10-21)11-25/h4-5,12-14,26-27H,6-10H2,1-3H3. The molecule has 2 aliphatic carbocycles. The maximum atomic E-state index is 14.1. The minimum atomic E-state index is -0.746. The van der Waals surface area contributed by atoms with E-state index in [1.54, 1.807) is 14.0 Å². The van der Waals surface area contributed by atoms with Gasteiger partial charge in [-0.25, -0.2) is 4.39 Å². The molecule has 1 aromatic rings. The van der Waals surface area contributed by atoms with E-state index < -0.39 is 11.7 Å². The zero-order chi connectivity index (χ0) is 21.1. The van der Waals surface area contributed by atoms with Gasteiger partial charge in [0.2, 0.25) is 5.91 Å². The third-order valence-corrected chi connectivity index (χ3v) is 7.56. The van der Waals surface area contributed by atoms with Crippen molar-refractivity contribution in [1.82, 2.24) is 4.90 Å². The molecule has 0 radical (unpaired) electrons. The summed E-state index contributed by atoms with van der Waals surface area (Å²) in [5, 5.41) is 21.2. The molecular weight excluding hydrogens is 391 g/mol. The van der Waals surface area contributed by atoms with Crippen LogP contribution in [0.15, 0.2) is 12.1 Å². The molecule has 2 heterocycles. The number of hydrogen-bond acceptors (Lipinski definition) is 4. The van der Waals surface area contributed by atoms with E-state index in [1.165, 1.54) is 12.1 Å². The minimum absolute atomic E-state index is 0.0128. The summed E-state index contributed by atoms with van der Waals surface area (Å²) in [4.78, 5) is 15.4. The Balaban J connectivity index is 1.63. The maximum Gasteiger partial charge on any atom is 0.231 e. The Hall–Kier alpha value is -2.13. The normalized spacial score (nSPS) is 33.3. The fourth-order valence-corrected chi connectivity index (χ4v) is 6.49. The number of halogens is 2. The van der Waals surface area contributed by atoms with Gasteiger partial charge in [-0.3, -0.25) is 4.79 Å².